The van der Waals surface area contributed by atoms with Crippen LogP contribution >= 0.6 is 23.2 Å². The number of hydrogen-bond acceptors (Lipinski definition) is 4. The van der Waals surface area contributed by atoms with E-state index in [0.717, 1.165) is 0 Å². The van der Waals surface area contributed by atoms with Crippen molar-refractivity contribution in [2.45, 2.75) is 0 Å². The zero-order valence-electron chi connectivity index (χ0n) is 12.9. The van der Waals surface area contributed by atoms with E-state index in [9.17, 15) is 10.1 Å². The van der Waals surface area contributed by atoms with Gasteiger partial charge in [-0.3, -0.25) is 4.79 Å². The molecule has 0 saturated carbocycles. The number of halogens is 2. The summed E-state index contributed by atoms with van der Waals surface area (Å²) in [5, 5.41) is 12.6. The van der Waals surface area contributed by atoms with Gasteiger partial charge in [0.25, 0.3) is 5.91 Å². The minimum Gasteiger partial charge on any atom is -0.486 e. The van der Waals surface area contributed by atoms with Crippen LogP contribution in [0.25, 0.3) is 6.08 Å². The molecule has 1 N–H and O–H groups in total. The first-order valence-electron chi connectivity index (χ1n) is 7.34. The Kier molecular flexibility index (Phi) is 5.13. The van der Waals surface area contributed by atoms with Crippen molar-refractivity contribution >= 4 is 40.9 Å². The fourth-order valence-corrected chi connectivity index (χ4v) is 2.58. The lowest BCUT2D eigenvalue weighted by Gasteiger charge is -2.18. The molecular weight excluding hydrogens is 363 g/mol. The maximum absolute atomic E-state index is 12.3. The Bertz CT molecular complexity index is 904. The summed E-state index contributed by atoms with van der Waals surface area (Å²) in [6, 6.07) is 11.8. The summed E-state index contributed by atoms with van der Waals surface area (Å²) in [5.74, 6) is 0.634. The van der Waals surface area contributed by atoms with E-state index < -0.39 is 5.91 Å². The Morgan fingerprint density at radius 2 is 1.88 bits per heavy atom. The molecule has 3 rings (SSSR count). The highest BCUT2D eigenvalue weighted by Gasteiger charge is 2.14. The summed E-state index contributed by atoms with van der Waals surface area (Å²) in [6.45, 7) is 0.952. The minimum atomic E-state index is -0.582. The van der Waals surface area contributed by atoms with Gasteiger partial charge < -0.3 is 14.8 Å². The number of carbonyl (C=O) groups excluding carboxylic acids is 1. The molecular formula is C18H12Cl2N2O3. The topological polar surface area (TPSA) is 71.3 Å². The molecule has 7 heteroatoms. The minimum absolute atomic E-state index is 0.0762. The zero-order valence-corrected chi connectivity index (χ0v) is 14.4. The fraction of sp³-hybridized carbons (Fsp3) is 0.111. The Hall–Kier alpha value is -2.68. The first-order valence-corrected chi connectivity index (χ1v) is 8.10. The Morgan fingerprint density at radius 3 is 2.64 bits per heavy atom. The standard InChI is InChI=1S/C18H12Cl2N2O3/c19-13-2-3-14(20)15(9-13)22-18(23)12(10-21)7-11-1-4-16-17(8-11)25-6-5-24-16/h1-4,7-9H,5-6H2,(H,22,23)/b12-7+. The largest absolute Gasteiger partial charge is 0.486 e. The van der Waals surface area contributed by atoms with Crippen molar-refractivity contribution in [3.8, 4) is 17.6 Å². The highest BCUT2D eigenvalue weighted by atomic mass is 35.5. The van der Waals surface area contributed by atoms with E-state index in [-0.39, 0.29) is 5.57 Å². The molecule has 0 bridgehead atoms. The second-order valence-corrected chi connectivity index (χ2v) is 5.99. The number of anilines is 1. The quantitative estimate of drug-likeness (QED) is 0.641. The predicted octanol–water partition coefficient (Wildman–Crippen LogP) is 4.31. The Balaban J connectivity index is 1.84. The molecule has 0 radical (unpaired) electrons. The van der Waals surface area contributed by atoms with Crippen LogP contribution in [0.3, 0.4) is 0 Å². The van der Waals surface area contributed by atoms with E-state index in [0.29, 0.717) is 46.0 Å². The summed E-state index contributed by atoms with van der Waals surface area (Å²) in [6.07, 6.45) is 1.46. The second kappa shape index (κ2) is 7.47. The molecule has 126 valence electrons. The molecule has 1 aliphatic heterocycles. The van der Waals surface area contributed by atoms with Gasteiger partial charge >= 0.3 is 0 Å². The maximum atomic E-state index is 12.3. The molecule has 2 aromatic carbocycles. The molecule has 0 aliphatic carbocycles. The molecule has 0 spiro atoms. The first-order chi connectivity index (χ1) is 12.1. The Morgan fingerprint density at radius 1 is 1.12 bits per heavy atom. The highest BCUT2D eigenvalue weighted by Crippen LogP contribution is 2.31. The molecule has 0 aromatic heterocycles. The number of carbonyl (C=O) groups is 1. The van der Waals surface area contributed by atoms with Crippen LogP contribution in [0.2, 0.25) is 10.0 Å². The normalized spacial score (nSPS) is 13.1. The number of rotatable bonds is 3. The van der Waals surface area contributed by atoms with Gasteiger partial charge in [-0.15, -0.1) is 0 Å². The van der Waals surface area contributed by atoms with Gasteiger partial charge in [-0.25, -0.2) is 0 Å². The van der Waals surface area contributed by atoms with Crippen molar-refractivity contribution in [2.24, 2.45) is 0 Å². The van der Waals surface area contributed by atoms with Gasteiger partial charge in [0, 0.05) is 5.02 Å². The number of nitriles is 1. The van der Waals surface area contributed by atoms with Crippen molar-refractivity contribution in [3.05, 3.63) is 57.6 Å². The van der Waals surface area contributed by atoms with Crippen LogP contribution in [0.1, 0.15) is 5.56 Å². The molecule has 2 aromatic rings. The average Bonchev–Trinajstić information content (AvgIpc) is 2.62. The van der Waals surface area contributed by atoms with Gasteiger partial charge in [-0.1, -0.05) is 29.3 Å². The molecule has 0 unspecified atom stereocenters. The summed E-state index contributed by atoms with van der Waals surface area (Å²) in [4.78, 5) is 12.3. The summed E-state index contributed by atoms with van der Waals surface area (Å²) >= 11 is 11.9. The number of ether oxygens (including phenoxy) is 2. The fourth-order valence-electron chi connectivity index (χ4n) is 2.25. The molecule has 1 aliphatic rings. The third-order valence-electron chi connectivity index (χ3n) is 3.42. The van der Waals surface area contributed by atoms with E-state index in [1.807, 2.05) is 6.07 Å². The van der Waals surface area contributed by atoms with Gasteiger partial charge in [0.05, 0.1) is 10.7 Å². The highest BCUT2D eigenvalue weighted by molar-refractivity contribution is 6.36. The number of nitrogens with zero attached hydrogens (tertiary/aromatic N) is 1. The van der Waals surface area contributed by atoms with Gasteiger partial charge in [-0.05, 0) is 42.0 Å². The monoisotopic (exact) mass is 374 g/mol. The van der Waals surface area contributed by atoms with Crippen LogP contribution in [0.15, 0.2) is 42.0 Å². The zero-order chi connectivity index (χ0) is 17.8. The van der Waals surface area contributed by atoms with E-state index in [1.165, 1.54) is 12.1 Å². The number of fused-ring (bicyclic) bond motifs is 1. The lowest BCUT2D eigenvalue weighted by atomic mass is 10.1. The number of benzene rings is 2. The second-order valence-electron chi connectivity index (χ2n) is 5.15. The van der Waals surface area contributed by atoms with Gasteiger partial charge in [0.2, 0.25) is 0 Å². The van der Waals surface area contributed by atoms with E-state index in [4.69, 9.17) is 32.7 Å². The van der Waals surface area contributed by atoms with Crippen LogP contribution in [0, 0.1) is 11.3 Å². The van der Waals surface area contributed by atoms with E-state index in [1.54, 1.807) is 30.3 Å². The van der Waals surface area contributed by atoms with Crippen LogP contribution in [-0.4, -0.2) is 19.1 Å². The van der Waals surface area contributed by atoms with Crippen molar-refractivity contribution in [3.63, 3.8) is 0 Å². The third kappa shape index (κ3) is 4.05. The molecule has 1 amide bonds. The van der Waals surface area contributed by atoms with Crippen LogP contribution in [0.4, 0.5) is 5.69 Å². The molecule has 5 nitrogen and oxygen atoms in total. The first kappa shape index (κ1) is 17.2. The van der Waals surface area contributed by atoms with Gasteiger partial charge in [0.1, 0.15) is 24.9 Å². The van der Waals surface area contributed by atoms with Crippen LogP contribution in [-0.2, 0) is 4.79 Å². The smallest absolute Gasteiger partial charge is 0.266 e. The van der Waals surface area contributed by atoms with E-state index >= 15 is 0 Å². The van der Waals surface area contributed by atoms with Gasteiger partial charge in [-0.2, -0.15) is 5.26 Å². The summed E-state index contributed by atoms with van der Waals surface area (Å²) in [5.41, 5.74) is 0.906. The molecule has 1 heterocycles. The maximum Gasteiger partial charge on any atom is 0.266 e. The van der Waals surface area contributed by atoms with Crippen molar-refractivity contribution in [1.82, 2.24) is 0 Å². The summed E-state index contributed by atoms with van der Waals surface area (Å²) in [7, 11) is 0. The number of hydrogen-bond donors (Lipinski definition) is 1. The average molecular weight is 375 g/mol. The van der Waals surface area contributed by atoms with Crippen molar-refractivity contribution in [1.29, 1.82) is 5.26 Å². The van der Waals surface area contributed by atoms with Crippen LogP contribution < -0.4 is 14.8 Å². The van der Waals surface area contributed by atoms with E-state index in [2.05, 4.69) is 5.32 Å². The predicted molar refractivity (Wildman–Crippen MR) is 96.1 cm³/mol. The molecule has 0 saturated heterocycles. The molecule has 0 atom stereocenters. The molecule has 25 heavy (non-hydrogen) atoms. The third-order valence-corrected chi connectivity index (χ3v) is 3.98. The van der Waals surface area contributed by atoms with Crippen molar-refractivity contribution in [2.75, 3.05) is 18.5 Å². The lowest BCUT2D eigenvalue weighted by molar-refractivity contribution is -0.112. The Labute approximate surface area is 154 Å². The van der Waals surface area contributed by atoms with Gasteiger partial charge in [0.15, 0.2) is 11.5 Å². The lowest BCUT2D eigenvalue weighted by Crippen LogP contribution is -2.15. The number of amides is 1. The van der Waals surface area contributed by atoms with Crippen LogP contribution in [0.5, 0.6) is 11.5 Å². The summed E-state index contributed by atoms with van der Waals surface area (Å²) < 4.78 is 10.9. The van der Waals surface area contributed by atoms with Crippen molar-refractivity contribution < 1.29 is 14.3 Å². The SMILES string of the molecule is N#C/C(=C\c1ccc2c(c1)OCCO2)C(=O)Nc1cc(Cl)ccc1Cl. The molecule has 0 fully saturated rings. The number of nitrogens with one attached hydrogen (secondary N) is 1.